The normalized spacial score (nSPS) is 16.6. The van der Waals surface area contributed by atoms with E-state index in [1.807, 2.05) is 36.4 Å². The monoisotopic (exact) mass is 506 g/mol. The zero-order chi connectivity index (χ0) is 26.6. The molecule has 0 fully saturated rings. The molecule has 10 heteroatoms. The minimum absolute atomic E-state index is 0.0121. The van der Waals surface area contributed by atoms with E-state index in [1.54, 1.807) is 26.0 Å². The minimum atomic E-state index is -1.33. The number of nitrogens with one attached hydrogen (secondary N) is 1. The molecule has 2 amide bonds. The van der Waals surface area contributed by atoms with Gasteiger partial charge in [-0.3, -0.25) is 14.3 Å². The molecule has 0 saturated carbocycles. The number of nitrogens with zero attached hydrogens (tertiary/aromatic N) is 3. The number of amides is 2. The fourth-order valence-corrected chi connectivity index (χ4v) is 4.41. The summed E-state index contributed by atoms with van der Waals surface area (Å²) in [6, 6.07) is 16.3. The molecule has 37 heavy (non-hydrogen) atoms. The van der Waals surface area contributed by atoms with Gasteiger partial charge in [0, 0.05) is 18.2 Å². The summed E-state index contributed by atoms with van der Waals surface area (Å²) in [4.78, 5) is 41.3. The number of carbonyl (C=O) groups excluding carboxylic acids is 3. The van der Waals surface area contributed by atoms with Crippen LogP contribution in [0.3, 0.4) is 0 Å². The van der Waals surface area contributed by atoms with Crippen molar-refractivity contribution in [2.24, 2.45) is 0 Å². The van der Waals surface area contributed by atoms with Gasteiger partial charge in [0.1, 0.15) is 11.2 Å². The number of rotatable bonds is 9. The van der Waals surface area contributed by atoms with Crippen LogP contribution in [-0.2, 0) is 29.2 Å². The number of aromatic nitrogens is 2. The van der Waals surface area contributed by atoms with Crippen molar-refractivity contribution in [3.8, 4) is 11.5 Å². The highest BCUT2D eigenvalue weighted by molar-refractivity contribution is 6.01. The van der Waals surface area contributed by atoms with Crippen molar-refractivity contribution in [3.05, 3.63) is 77.1 Å². The Morgan fingerprint density at radius 3 is 2.51 bits per heavy atom. The Balaban J connectivity index is 1.72. The molecule has 10 nitrogen and oxygen atoms in total. The van der Waals surface area contributed by atoms with Crippen molar-refractivity contribution in [1.82, 2.24) is 20.0 Å². The van der Waals surface area contributed by atoms with E-state index in [-0.39, 0.29) is 37.0 Å². The average Bonchev–Trinajstić information content (AvgIpc) is 3.34. The number of carbonyl (C=O) groups is 3. The molecule has 1 N–H and O–H groups in total. The third-order valence-electron chi connectivity index (χ3n) is 6.38. The van der Waals surface area contributed by atoms with Crippen LogP contribution in [-0.4, -0.2) is 58.8 Å². The summed E-state index contributed by atoms with van der Waals surface area (Å²) in [6.07, 6.45) is 0. The molecule has 0 bridgehead atoms. The molecule has 0 spiro atoms. The lowest BCUT2D eigenvalue weighted by Gasteiger charge is -2.43. The molecule has 1 aliphatic heterocycles. The van der Waals surface area contributed by atoms with Crippen molar-refractivity contribution in [1.29, 1.82) is 0 Å². The molecule has 4 rings (SSSR count). The topological polar surface area (TPSA) is 112 Å². The summed E-state index contributed by atoms with van der Waals surface area (Å²) in [6.45, 7) is 3.95. The maximum atomic E-state index is 13.8. The molecule has 194 valence electrons. The van der Waals surface area contributed by atoms with Gasteiger partial charge in [0.05, 0.1) is 33.9 Å². The number of fused-ring (bicyclic) bond motifs is 1. The Hall–Kier alpha value is -4.34. The van der Waals surface area contributed by atoms with E-state index in [9.17, 15) is 14.4 Å². The van der Waals surface area contributed by atoms with Gasteiger partial charge in [-0.2, -0.15) is 5.10 Å². The Bertz CT molecular complexity index is 1310. The van der Waals surface area contributed by atoms with Crippen LogP contribution in [0.2, 0.25) is 0 Å². The number of hydrogen-bond donors (Lipinski definition) is 1. The van der Waals surface area contributed by atoms with Gasteiger partial charge in [-0.1, -0.05) is 42.5 Å². The summed E-state index contributed by atoms with van der Waals surface area (Å²) >= 11 is 0. The lowest BCUT2D eigenvalue weighted by Crippen LogP contribution is -2.63. The highest BCUT2D eigenvalue weighted by Gasteiger charge is 2.48. The van der Waals surface area contributed by atoms with Crippen LogP contribution in [0, 0.1) is 0 Å². The predicted molar refractivity (Wildman–Crippen MR) is 134 cm³/mol. The van der Waals surface area contributed by atoms with E-state index in [1.165, 1.54) is 29.9 Å². The Labute approximate surface area is 215 Å². The minimum Gasteiger partial charge on any atom is -0.493 e. The fourth-order valence-electron chi connectivity index (χ4n) is 4.41. The first-order valence-corrected chi connectivity index (χ1v) is 11.9. The third-order valence-corrected chi connectivity index (χ3v) is 6.38. The molecular formula is C27H30N4O6. The van der Waals surface area contributed by atoms with Gasteiger partial charge in [0.2, 0.25) is 5.91 Å². The summed E-state index contributed by atoms with van der Waals surface area (Å²) < 4.78 is 17.4. The van der Waals surface area contributed by atoms with Gasteiger partial charge in [-0.25, -0.2) is 4.79 Å². The molecule has 2 heterocycles. The van der Waals surface area contributed by atoms with E-state index in [4.69, 9.17) is 14.2 Å². The van der Waals surface area contributed by atoms with Crippen molar-refractivity contribution < 1.29 is 28.6 Å². The van der Waals surface area contributed by atoms with Crippen LogP contribution in [0.5, 0.6) is 11.5 Å². The van der Waals surface area contributed by atoms with Crippen molar-refractivity contribution in [2.45, 2.75) is 39.0 Å². The maximum absolute atomic E-state index is 13.8. The molecule has 1 aromatic heterocycles. The smallest absolute Gasteiger partial charge is 0.358 e. The molecule has 0 radical (unpaired) electrons. The van der Waals surface area contributed by atoms with E-state index in [2.05, 4.69) is 10.4 Å². The lowest BCUT2D eigenvalue weighted by molar-refractivity contribution is -0.133. The first-order chi connectivity index (χ1) is 17.8. The zero-order valence-corrected chi connectivity index (χ0v) is 21.3. The van der Waals surface area contributed by atoms with Gasteiger partial charge < -0.3 is 24.4 Å². The second-order valence-electron chi connectivity index (χ2n) is 8.78. The predicted octanol–water partition coefficient (Wildman–Crippen LogP) is 2.81. The molecule has 0 aliphatic carbocycles. The van der Waals surface area contributed by atoms with Gasteiger partial charge in [-0.15, -0.1) is 0 Å². The third kappa shape index (κ3) is 5.00. The summed E-state index contributed by atoms with van der Waals surface area (Å²) in [7, 11) is 3.05. The molecule has 1 atom stereocenters. The summed E-state index contributed by atoms with van der Waals surface area (Å²) in [5.74, 6) is -0.458. The van der Waals surface area contributed by atoms with Crippen LogP contribution < -0.4 is 14.8 Å². The highest BCUT2D eigenvalue weighted by atomic mass is 16.5. The molecule has 1 unspecified atom stereocenters. The highest BCUT2D eigenvalue weighted by Crippen LogP contribution is 2.35. The van der Waals surface area contributed by atoms with Crippen LogP contribution in [0.1, 0.15) is 46.0 Å². The Kier molecular flexibility index (Phi) is 7.47. The zero-order valence-electron chi connectivity index (χ0n) is 21.3. The number of hydrogen-bond acceptors (Lipinski definition) is 7. The molecule has 2 aromatic carbocycles. The van der Waals surface area contributed by atoms with Gasteiger partial charge in [-0.05, 0) is 25.5 Å². The van der Waals surface area contributed by atoms with E-state index < -0.39 is 17.4 Å². The number of methoxy groups -OCH3 is 2. The standard InChI is InChI=1S/C27H30N4O6/c1-5-37-25(33)20-14-21-24(32)30(16-19-12-9-13-22(35-3)23(19)36-4)27(2,17-31(21)29-20)26(34)28-15-18-10-7-6-8-11-18/h6-14H,5,15-17H2,1-4H3,(H,28,34). The van der Waals surface area contributed by atoms with Crippen LogP contribution in [0.4, 0.5) is 0 Å². The lowest BCUT2D eigenvalue weighted by atomic mass is 9.93. The second kappa shape index (κ2) is 10.7. The maximum Gasteiger partial charge on any atom is 0.358 e. The van der Waals surface area contributed by atoms with Crippen molar-refractivity contribution >= 4 is 17.8 Å². The van der Waals surface area contributed by atoms with E-state index >= 15 is 0 Å². The Morgan fingerprint density at radius 1 is 1.08 bits per heavy atom. The number of para-hydroxylation sites is 1. The van der Waals surface area contributed by atoms with E-state index in [0.29, 0.717) is 23.6 Å². The quantitative estimate of drug-likeness (QED) is 0.444. The van der Waals surface area contributed by atoms with Gasteiger partial charge >= 0.3 is 5.97 Å². The average molecular weight is 507 g/mol. The first-order valence-electron chi connectivity index (χ1n) is 11.9. The molecular weight excluding hydrogens is 476 g/mol. The van der Waals surface area contributed by atoms with Crippen LogP contribution in [0.25, 0.3) is 0 Å². The summed E-state index contributed by atoms with van der Waals surface area (Å²) in [5.41, 5.74) is 0.462. The largest absolute Gasteiger partial charge is 0.493 e. The summed E-state index contributed by atoms with van der Waals surface area (Å²) in [5, 5.41) is 7.24. The first kappa shape index (κ1) is 25.7. The van der Waals surface area contributed by atoms with Gasteiger partial charge in [0.25, 0.3) is 5.91 Å². The van der Waals surface area contributed by atoms with Crippen LogP contribution in [0.15, 0.2) is 54.6 Å². The number of benzene rings is 2. The fraction of sp³-hybridized carbons (Fsp3) is 0.333. The molecule has 0 saturated heterocycles. The van der Waals surface area contributed by atoms with Gasteiger partial charge in [0.15, 0.2) is 17.2 Å². The number of esters is 1. The molecule has 1 aliphatic rings. The molecule has 3 aromatic rings. The second-order valence-corrected chi connectivity index (χ2v) is 8.78. The SMILES string of the molecule is CCOC(=O)c1cc2n(n1)CC(C)(C(=O)NCc1ccccc1)N(Cc1cccc(OC)c1OC)C2=O. The van der Waals surface area contributed by atoms with E-state index in [0.717, 1.165) is 5.56 Å². The number of ether oxygens (including phenoxy) is 3. The van der Waals surface area contributed by atoms with Crippen molar-refractivity contribution in [3.63, 3.8) is 0 Å². The van der Waals surface area contributed by atoms with Crippen molar-refractivity contribution in [2.75, 3.05) is 20.8 Å². The van der Waals surface area contributed by atoms with Crippen LogP contribution >= 0.6 is 0 Å². The Morgan fingerprint density at radius 2 is 1.84 bits per heavy atom.